The molecule has 0 unspecified atom stereocenters. The van der Waals surface area contributed by atoms with Crippen molar-refractivity contribution in [3.8, 4) is 10.6 Å². The van der Waals surface area contributed by atoms with E-state index < -0.39 is 0 Å². The van der Waals surface area contributed by atoms with Crippen LogP contribution in [0.25, 0.3) is 10.6 Å². The van der Waals surface area contributed by atoms with E-state index in [1.165, 1.54) is 0 Å². The van der Waals surface area contributed by atoms with Crippen LogP contribution in [0.5, 0.6) is 0 Å². The molecule has 0 saturated carbocycles. The second kappa shape index (κ2) is 7.80. The molecular formula is C16H20N2OS. The molecule has 106 valence electrons. The Morgan fingerprint density at radius 1 is 1.35 bits per heavy atom. The maximum Gasteiger partial charge on any atom is 0.220 e. The van der Waals surface area contributed by atoms with Crippen molar-refractivity contribution in [3.05, 3.63) is 41.4 Å². The van der Waals surface area contributed by atoms with Crippen LogP contribution in [0.2, 0.25) is 0 Å². The zero-order chi connectivity index (χ0) is 14.2. The van der Waals surface area contributed by atoms with Gasteiger partial charge in [-0.05, 0) is 18.1 Å². The molecule has 4 heteroatoms. The van der Waals surface area contributed by atoms with Gasteiger partial charge in [-0.3, -0.25) is 4.79 Å². The van der Waals surface area contributed by atoms with E-state index in [2.05, 4.69) is 23.3 Å². The van der Waals surface area contributed by atoms with Crippen LogP contribution < -0.4 is 5.32 Å². The number of unbranched alkanes of at least 4 members (excludes halogenated alkanes) is 2. The lowest BCUT2D eigenvalue weighted by atomic mass is 10.1. The summed E-state index contributed by atoms with van der Waals surface area (Å²) in [5, 5.41) is 5.96. The van der Waals surface area contributed by atoms with E-state index in [1.807, 2.05) is 29.8 Å². The van der Waals surface area contributed by atoms with Gasteiger partial charge >= 0.3 is 0 Å². The lowest BCUT2D eigenvalue weighted by molar-refractivity contribution is -0.121. The Morgan fingerprint density at radius 3 is 3.00 bits per heavy atom. The Kier molecular flexibility index (Phi) is 5.74. The molecule has 0 fully saturated rings. The van der Waals surface area contributed by atoms with Gasteiger partial charge in [0, 0.05) is 30.1 Å². The van der Waals surface area contributed by atoms with E-state index in [0.717, 1.165) is 35.4 Å². The monoisotopic (exact) mass is 288 g/mol. The normalized spacial score (nSPS) is 10.4. The molecule has 0 aliphatic rings. The van der Waals surface area contributed by atoms with Crippen molar-refractivity contribution in [2.45, 2.75) is 39.2 Å². The van der Waals surface area contributed by atoms with Gasteiger partial charge in [0.2, 0.25) is 5.91 Å². The van der Waals surface area contributed by atoms with E-state index >= 15 is 0 Å². The minimum atomic E-state index is 0.137. The third-order valence-corrected chi connectivity index (χ3v) is 3.93. The maximum atomic E-state index is 11.7. The molecule has 0 aliphatic heterocycles. The predicted octanol–water partition coefficient (Wildman–Crippen LogP) is 4.01. The number of nitrogens with one attached hydrogen (secondary N) is 1. The zero-order valence-corrected chi connectivity index (χ0v) is 12.6. The SMILES string of the molecule is CCCCCC(=O)NCc1cccc(-c2nccs2)c1. The summed E-state index contributed by atoms with van der Waals surface area (Å²) in [6, 6.07) is 8.18. The predicted molar refractivity (Wildman–Crippen MR) is 83.5 cm³/mol. The Labute approximate surface area is 124 Å². The smallest absolute Gasteiger partial charge is 0.220 e. The molecule has 3 nitrogen and oxygen atoms in total. The minimum Gasteiger partial charge on any atom is -0.352 e. The number of thiazole rings is 1. The number of hydrogen-bond acceptors (Lipinski definition) is 3. The van der Waals surface area contributed by atoms with E-state index in [9.17, 15) is 4.79 Å². The lowest BCUT2D eigenvalue weighted by Gasteiger charge is -2.06. The molecule has 20 heavy (non-hydrogen) atoms. The fraction of sp³-hybridized carbons (Fsp3) is 0.375. The van der Waals surface area contributed by atoms with Crippen LogP contribution in [0.15, 0.2) is 35.8 Å². The summed E-state index contributed by atoms with van der Waals surface area (Å²) in [5.74, 6) is 0.137. The van der Waals surface area contributed by atoms with E-state index in [4.69, 9.17) is 0 Å². The second-order valence-corrected chi connectivity index (χ2v) is 5.67. The first-order chi connectivity index (χ1) is 9.79. The summed E-state index contributed by atoms with van der Waals surface area (Å²) >= 11 is 1.62. The maximum absolute atomic E-state index is 11.7. The number of carbonyl (C=O) groups is 1. The van der Waals surface area contributed by atoms with Crippen LogP contribution >= 0.6 is 11.3 Å². The summed E-state index contributed by atoms with van der Waals surface area (Å²) in [6.45, 7) is 2.73. The summed E-state index contributed by atoms with van der Waals surface area (Å²) in [7, 11) is 0. The molecule has 1 aromatic carbocycles. The average Bonchev–Trinajstić information content (AvgIpc) is 3.00. The van der Waals surface area contributed by atoms with Crippen LogP contribution in [0.1, 0.15) is 38.2 Å². The molecule has 1 heterocycles. The fourth-order valence-corrected chi connectivity index (χ4v) is 2.64. The van der Waals surface area contributed by atoms with Gasteiger partial charge in [0.15, 0.2) is 0 Å². The van der Waals surface area contributed by atoms with Crippen LogP contribution in [-0.2, 0) is 11.3 Å². The average molecular weight is 288 g/mol. The highest BCUT2D eigenvalue weighted by molar-refractivity contribution is 7.13. The molecular weight excluding hydrogens is 268 g/mol. The largest absolute Gasteiger partial charge is 0.352 e. The fourth-order valence-electron chi connectivity index (χ4n) is 2.00. The van der Waals surface area contributed by atoms with Crippen molar-refractivity contribution in [1.82, 2.24) is 10.3 Å². The molecule has 2 rings (SSSR count). The first-order valence-corrected chi connectivity index (χ1v) is 7.93. The molecule has 0 bridgehead atoms. The molecule has 0 radical (unpaired) electrons. The third-order valence-electron chi connectivity index (χ3n) is 3.10. The zero-order valence-electron chi connectivity index (χ0n) is 11.8. The van der Waals surface area contributed by atoms with Gasteiger partial charge < -0.3 is 5.32 Å². The number of hydrogen-bond donors (Lipinski definition) is 1. The third kappa shape index (κ3) is 4.46. The molecule has 1 amide bonds. The van der Waals surface area contributed by atoms with Gasteiger partial charge in [-0.25, -0.2) is 4.98 Å². The van der Waals surface area contributed by atoms with Gasteiger partial charge in [-0.15, -0.1) is 11.3 Å². The molecule has 2 aromatic rings. The quantitative estimate of drug-likeness (QED) is 0.782. The summed E-state index contributed by atoms with van der Waals surface area (Å²) in [6.07, 6.45) is 5.67. The van der Waals surface area contributed by atoms with E-state index in [-0.39, 0.29) is 5.91 Å². The van der Waals surface area contributed by atoms with Crippen molar-refractivity contribution in [2.24, 2.45) is 0 Å². The number of aromatic nitrogens is 1. The molecule has 0 atom stereocenters. The number of nitrogens with zero attached hydrogens (tertiary/aromatic N) is 1. The van der Waals surface area contributed by atoms with Gasteiger partial charge in [0.25, 0.3) is 0 Å². The minimum absolute atomic E-state index is 0.137. The van der Waals surface area contributed by atoms with Gasteiger partial charge in [-0.1, -0.05) is 38.0 Å². The summed E-state index contributed by atoms with van der Waals surface area (Å²) in [4.78, 5) is 16.0. The van der Waals surface area contributed by atoms with Gasteiger partial charge in [0.05, 0.1) is 0 Å². The molecule has 0 saturated heterocycles. The standard InChI is InChI=1S/C16H20N2OS/c1-2-3-4-8-15(19)18-12-13-6-5-7-14(11-13)16-17-9-10-20-16/h5-7,9-11H,2-4,8,12H2,1H3,(H,18,19). The van der Waals surface area contributed by atoms with Crippen molar-refractivity contribution >= 4 is 17.2 Å². The molecule has 0 aliphatic carbocycles. The van der Waals surface area contributed by atoms with Gasteiger partial charge in [-0.2, -0.15) is 0 Å². The number of rotatable bonds is 7. The number of amides is 1. The number of carbonyl (C=O) groups excluding carboxylic acids is 1. The first-order valence-electron chi connectivity index (χ1n) is 7.05. The van der Waals surface area contributed by atoms with Gasteiger partial charge in [0.1, 0.15) is 5.01 Å². The summed E-state index contributed by atoms with van der Waals surface area (Å²) < 4.78 is 0. The van der Waals surface area contributed by atoms with Crippen molar-refractivity contribution < 1.29 is 4.79 Å². The van der Waals surface area contributed by atoms with Crippen LogP contribution in [-0.4, -0.2) is 10.9 Å². The molecule has 1 aromatic heterocycles. The molecule has 0 spiro atoms. The Bertz CT molecular complexity index is 537. The Balaban J connectivity index is 1.87. The number of benzene rings is 1. The van der Waals surface area contributed by atoms with Crippen LogP contribution in [0, 0.1) is 0 Å². The lowest BCUT2D eigenvalue weighted by Crippen LogP contribution is -2.22. The highest BCUT2D eigenvalue weighted by atomic mass is 32.1. The molecule has 1 N–H and O–H groups in total. The van der Waals surface area contributed by atoms with E-state index in [1.54, 1.807) is 11.3 Å². The van der Waals surface area contributed by atoms with E-state index in [0.29, 0.717) is 13.0 Å². The van der Waals surface area contributed by atoms with Crippen LogP contribution in [0.3, 0.4) is 0 Å². The highest BCUT2D eigenvalue weighted by Crippen LogP contribution is 2.22. The summed E-state index contributed by atoms with van der Waals surface area (Å²) in [5.41, 5.74) is 2.22. The van der Waals surface area contributed by atoms with Crippen molar-refractivity contribution in [1.29, 1.82) is 0 Å². The first kappa shape index (κ1) is 14.7. The van der Waals surface area contributed by atoms with Crippen molar-refractivity contribution in [3.63, 3.8) is 0 Å². The van der Waals surface area contributed by atoms with Crippen LogP contribution in [0.4, 0.5) is 0 Å². The second-order valence-electron chi connectivity index (χ2n) is 4.77. The highest BCUT2D eigenvalue weighted by Gasteiger charge is 2.04. The Hall–Kier alpha value is -1.68. The topological polar surface area (TPSA) is 42.0 Å². The Morgan fingerprint density at radius 2 is 2.25 bits per heavy atom. The van der Waals surface area contributed by atoms with Crippen molar-refractivity contribution in [2.75, 3.05) is 0 Å².